The van der Waals surface area contributed by atoms with Gasteiger partial charge in [-0.1, -0.05) is 31.9 Å². The smallest absolute Gasteiger partial charge is 0.381 e. The van der Waals surface area contributed by atoms with Gasteiger partial charge in [-0.05, 0) is 25.3 Å². The Balaban J connectivity index is 2.18. The number of unbranched alkanes of at least 4 members (excludes halogenated alkanes) is 1. The number of aryl methyl sites for hydroxylation is 1. The van der Waals surface area contributed by atoms with Crippen LogP contribution in [0.2, 0.25) is 5.02 Å². The van der Waals surface area contributed by atoms with Crippen molar-refractivity contribution in [1.29, 1.82) is 0 Å². The standard InChI is InChI=1S/C18H23ClF3N3O2/c1-3-5-8-27-9-6-7-23-17(26)15-14(4-2)24-16-13(19)10-12(11-25(15)16)18(20,21)22/h10-11H,3-9H2,1-2H3,(H,23,26). The van der Waals surface area contributed by atoms with E-state index in [0.29, 0.717) is 38.3 Å². The van der Waals surface area contributed by atoms with Crippen LogP contribution in [0.4, 0.5) is 13.2 Å². The zero-order valence-corrected chi connectivity index (χ0v) is 16.1. The third kappa shape index (κ3) is 5.35. The van der Waals surface area contributed by atoms with Gasteiger partial charge < -0.3 is 10.1 Å². The fourth-order valence-corrected chi connectivity index (χ4v) is 2.85. The summed E-state index contributed by atoms with van der Waals surface area (Å²) in [6.45, 7) is 5.39. The number of carbonyl (C=O) groups is 1. The molecule has 0 spiro atoms. The summed E-state index contributed by atoms with van der Waals surface area (Å²) >= 11 is 5.97. The number of amides is 1. The molecule has 0 radical (unpaired) electrons. The maximum Gasteiger partial charge on any atom is 0.417 e. The lowest BCUT2D eigenvalue weighted by Gasteiger charge is -2.10. The van der Waals surface area contributed by atoms with Crippen LogP contribution in [0.5, 0.6) is 0 Å². The molecule has 0 bridgehead atoms. The van der Waals surface area contributed by atoms with Crippen LogP contribution in [-0.2, 0) is 17.3 Å². The average Bonchev–Trinajstić information content (AvgIpc) is 2.99. The number of fused-ring (bicyclic) bond motifs is 1. The molecule has 0 aromatic carbocycles. The zero-order chi connectivity index (χ0) is 20.0. The second-order valence-electron chi connectivity index (χ2n) is 6.10. The number of alkyl halides is 3. The molecule has 2 heterocycles. The SMILES string of the molecule is CCCCOCCCNC(=O)c1c(CC)nc2c(Cl)cc(C(F)(F)F)cn12. The minimum Gasteiger partial charge on any atom is -0.381 e. The third-order valence-electron chi connectivity index (χ3n) is 4.02. The molecule has 9 heteroatoms. The number of pyridine rings is 1. The molecule has 0 aliphatic rings. The van der Waals surface area contributed by atoms with Crippen LogP contribution in [0.15, 0.2) is 12.3 Å². The van der Waals surface area contributed by atoms with E-state index in [4.69, 9.17) is 16.3 Å². The molecule has 0 aliphatic heterocycles. The second-order valence-corrected chi connectivity index (χ2v) is 6.51. The predicted octanol–water partition coefficient (Wildman–Crippen LogP) is 4.51. The van der Waals surface area contributed by atoms with Crippen LogP contribution < -0.4 is 5.32 Å². The molecule has 0 unspecified atom stereocenters. The van der Waals surface area contributed by atoms with E-state index in [1.54, 1.807) is 6.92 Å². The number of ether oxygens (including phenoxy) is 1. The van der Waals surface area contributed by atoms with Gasteiger partial charge >= 0.3 is 6.18 Å². The largest absolute Gasteiger partial charge is 0.417 e. The molecule has 0 saturated carbocycles. The number of nitrogens with zero attached hydrogens (tertiary/aromatic N) is 2. The lowest BCUT2D eigenvalue weighted by atomic mass is 10.2. The molecular weight excluding hydrogens is 383 g/mol. The summed E-state index contributed by atoms with van der Waals surface area (Å²) in [6.07, 6.45) is -0.678. The lowest BCUT2D eigenvalue weighted by Crippen LogP contribution is -2.27. The molecule has 0 aliphatic carbocycles. The number of imidazole rings is 1. The Labute approximate surface area is 160 Å². The highest BCUT2D eigenvalue weighted by molar-refractivity contribution is 6.33. The van der Waals surface area contributed by atoms with Gasteiger partial charge in [-0.2, -0.15) is 13.2 Å². The van der Waals surface area contributed by atoms with Crippen LogP contribution >= 0.6 is 11.6 Å². The van der Waals surface area contributed by atoms with E-state index >= 15 is 0 Å². The summed E-state index contributed by atoms with van der Waals surface area (Å²) in [5.41, 5.74) is -0.326. The summed E-state index contributed by atoms with van der Waals surface area (Å²) < 4.78 is 45.8. The number of nitrogens with one attached hydrogen (secondary N) is 1. The Kier molecular flexibility index (Phi) is 7.49. The first-order chi connectivity index (χ1) is 12.8. The average molecular weight is 406 g/mol. The normalized spacial score (nSPS) is 11.9. The Bertz CT molecular complexity index is 790. The summed E-state index contributed by atoms with van der Waals surface area (Å²) in [5, 5.41) is 2.57. The van der Waals surface area contributed by atoms with Crippen LogP contribution in [-0.4, -0.2) is 35.1 Å². The molecule has 27 heavy (non-hydrogen) atoms. The molecule has 2 aromatic rings. The number of aromatic nitrogens is 2. The fourth-order valence-electron chi connectivity index (χ4n) is 2.60. The van der Waals surface area contributed by atoms with E-state index in [-0.39, 0.29) is 16.4 Å². The van der Waals surface area contributed by atoms with Crippen molar-refractivity contribution in [2.24, 2.45) is 0 Å². The van der Waals surface area contributed by atoms with Crippen LogP contribution in [0, 0.1) is 0 Å². The minimum atomic E-state index is -4.57. The number of hydrogen-bond donors (Lipinski definition) is 1. The van der Waals surface area contributed by atoms with Crippen molar-refractivity contribution in [3.8, 4) is 0 Å². The summed E-state index contributed by atoms with van der Waals surface area (Å²) in [6, 6.07) is 0.818. The number of rotatable bonds is 9. The molecule has 0 atom stereocenters. The van der Waals surface area contributed by atoms with Gasteiger partial charge in [-0.25, -0.2) is 4.98 Å². The molecule has 1 N–H and O–H groups in total. The van der Waals surface area contributed by atoms with Gasteiger partial charge in [-0.15, -0.1) is 0 Å². The Morgan fingerprint density at radius 2 is 2.00 bits per heavy atom. The molecule has 0 fully saturated rings. The van der Waals surface area contributed by atoms with Crippen LogP contribution in [0.1, 0.15) is 54.9 Å². The molecule has 2 rings (SSSR count). The highest BCUT2D eigenvalue weighted by Crippen LogP contribution is 2.33. The summed E-state index contributed by atoms with van der Waals surface area (Å²) in [5.74, 6) is -0.483. The Hall–Kier alpha value is -1.80. The van der Waals surface area contributed by atoms with Gasteiger partial charge in [0.25, 0.3) is 5.91 Å². The van der Waals surface area contributed by atoms with E-state index in [1.165, 1.54) is 0 Å². The van der Waals surface area contributed by atoms with Crippen molar-refractivity contribution in [1.82, 2.24) is 14.7 Å². The van der Waals surface area contributed by atoms with Crippen LogP contribution in [0.25, 0.3) is 5.65 Å². The molecular formula is C18H23ClF3N3O2. The van der Waals surface area contributed by atoms with Crippen molar-refractivity contribution >= 4 is 23.2 Å². The van der Waals surface area contributed by atoms with Crippen molar-refractivity contribution in [2.45, 2.75) is 45.7 Å². The number of carbonyl (C=O) groups excluding carboxylic acids is 1. The van der Waals surface area contributed by atoms with Gasteiger partial charge in [0.2, 0.25) is 0 Å². The van der Waals surface area contributed by atoms with Gasteiger partial charge in [-0.3, -0.25) is 9.20 Å². The zero-order valence-electron chi connectivity index (χ0n) is 15.3. The highest BCUT2D eigenvalue weighted by atomic mass is 35.5. The first-order valence-electron chi connectivity index (χ1n) is 8.93. The lowest BCUT2D eigenvalue weighted by molar-refractivity contribution is -0.137. The van der Waals surface area contributed by atoms with Crippen molar-refractivity contribution in [3.63, 3.8) is 0 Å². The molecule has 0 saturated heterocycles. The van der Waals surface area contributed by atoms with Gasteiger partial charge in [0.05, 0.1) is 16.3 Å². The van der Waals surface area contributed by atoms with Gasteiger partial charge in [0.15, 0.2) is 5.65 Å². The third-order valence-corrected chi connectivity index (χ3v) is 4.30. The van der Waals surface area contributed by atoms with Crippen molar-refractivity contribution in [2.75, 3.05) is 19.8 Å². The van der Waals surface area contributed by atoms with Crippen molar-refractivity contribution < 1.29 is 22.7 Å². The van der Waals surface area contributed by atoms with E-state index < -0.39 is 17.6 Å². The maximum atomic E-state index is 13.1. The Morgan fingerprint density at radius 1 is 1.30 bits per heavy atom. The highest BCUT2D eigenvalue weighted by Gasteiger charge is 2.33. The monoisotopic (exact) mass is 405 g/mol. The first kappa shape index (κ1) is 21.5. The first-order valence-corrected chi connectivity index (χ1v) is 9.31. The second kappa shape index (κ2) is 9.41. The number of halogens is 4. The molecule has 5 nitrogen and oxygen atoms in total. The summed E-state index contributed by atoms with van der Waals surface area (Å²) in [7, 11) is 0. The van der Waals surface area contributed by atoms with E-state index in [1.807, 2.05) is 0 Å². The predicted molar refractivity (Wildman–Crippen MR) is 97.3 cm³/mol. The maximum absolute atomic E-state index is 13.1. The number of hydrogen-bond acceptors (Lipinski definition) is 3. The van der Waals surface area contributed by atoms with E-state index in [0.717, 1.165) is 29.5 Å². The fraction of sp³-hybridized carbons (Fsp3) is 0.556. The van der Waals surface area contributed by atoms with Gasteiger partial charge in [0.1, 0.15) is 5.69 Å². The van der Waals surface area contributed by atoms with E-state index in [2.05, 4.69) is 17.2 Å². The quantitative estimate of drug-likeness (QED) is 0.625. The molecule has 1 amide bonds. The molecule has 2 aromatic heterocycles. The minimum absolute atomic E-state index is 0.0763. The Morgan fingerprint density at radius 3 is 2.63 bits per heavy atom. The topological polar surface area (TPSA) is 55.6 Å². The van der Waals surface area contributed by atoms with Crippen LogP contribution in [0.3, 0.4) is 0 Å². The summed E-state index contributed by atoms with van der Waals surface area (Å²) in [4.78, 5) is 16.8. The van der Waals surface area contributed by atoms with E-state index in [9.17, 15) is 18.0 Å². The van der Waals surface area contributed by atoms with Gasteiger partial charge in [0, 0.05) is 26.0 Å². The van der Waals surface area contributed by atoms with Crippen molar-refractivity contribution in [3.05, 3.63) is 34.2 Å². The molecule has 150 valence electrons.